The largest absolute Gasteiger partial charge is 0.207 e. The molecule has 1 atom stereocenters. The predicted octanol–water partition coefficient (Wildman–Crippen LogP) is 5.91. The summed E-state index contributed by atoms with van der Waals surface area (Å²) in [5.74, 6) is -1.34. The molecule has 0 aliphatic heterocycles. The van der Waals surface area contributed by atoms with E-state index in [4.69, 9.17) is 34.8 Å². The third-order valence-electron chi connectivity index (χ3n) is 2.80. The third-order valence-corrected chi connectivity index (χ3v) is 3.92. The Bertz CT molecular complexity index is 606. The normalized spacial score (nSPS) is 12.5. The van der Waals surface area contributed by atoms with Gasteiger partial charge in [0.2, 0.25) is 0 Å². The molecular weight excluding hydrogens is 313 g/mol. The van der Waals surface area contributed by atoms with Crippen LogP contribution >= 0.6 is 34.8 Å². The minimum atomic E-state index is -0.875. The van der Waals surface area contributed by atoms with Crippen molar-refractivity contribution in [1.82, 2.24) is 0 Å². The molecular formula is C14H9Cl3F2. The van der Waals surface area contributed by atoms with Crippen LogP contribution in [0.1, 0.15) is 22.1 Å². The predicted molar refractivity (Wildman–Crippen MR) is 75.3 cm³/mol. The first-order valence-electron chi connectivity index (χ1n) is 5.45. The fourth-order valence-electron chi connectivity index (χ4n) is 1.78. The first kappa shape index (κ1) is 14.6. The monoisotopic (exact) mass is 320 g/mol. The van der Waals surface area contributed by atoms with Crippen molar-refractivity contribution in [3.63, 3.8) is 0 Å². The molecule has 0 aliphatic carbocycles. The number of hydrogen-bond acceptors (Lipinski definition) is 0. The molecule has 0 saturated carbocycles. The first-order valence-corrected chi connectivity index (χ1v) is 6.64. The highest BCUT2D eigenvalue weighted by Crippen LogP contribution is 2.39. The van der Waals surface area contributed by atoms with Gasteiger partial charge >= 0.3 is 0 Å². The van der Waals surface area contributed by atoms with Gasteiger partial charge in [-0.2, -0.15) is 0 Å². The van der Waals surface area contributed by atoms with E-state index in [9.17, 15) is 8.78 Å². The Morgan fingerprint density at radius 3 is 2.16 bits per heavy atom. The van der Waals surface area contributed by atoms with Gasteiger partial charge in [0.1, 0.15) is 11.6 Å². The van der Waals surface area contributed by atoms with Gasteiger partial charge in [0.15, 0.2) is 0 Å². The van der Waals surface area contributed by atoms with Crippen molar-refractivity contribution < 1.29 is 8.78 Å². The highest BCUT2D eigenvalue weighted by Gasteiger charge is 2.21. The third kappa shape index (κ3) is 2.86. The average molecular weight is 322 g/mol. The minimum absolute atomic E-state index is 0.149. The van der Waals surface area contributed by atoms with Gasteiger partial charge in [-0.05, 0) is 30.7 Å². The van der Waals surface area contributed by atoms with Crippen molar-refractivity contribution >= 4 is 34.8 Å². The molecule has 0 heterocycles. The number of benzene rings is 2. The van der Waals surface area contributed by atoms with Crippen LogP contribution in [0.15, 0.2) is 30.3 Å². The average Bonchev–Trinajstić information content (AvgIpc) is 2.33. The van der Waals surface area contributed by atoms with E-state index in [1.807, 2.05) is 0 Å². The summed E-state index contributed by atoms with van der Waals surface area (Å²) in [7, 11) is 0. The van der Waals surface area contributed by atoms with Gasteiger partial charge in [0.25, 0.3) is 0 Å². The van der Waals surface area contributed by atoms with E-state index >= 15 is 0 Å². The van der Waals surface area contributed by atoms with Crippen LogP contribution in [-0.4, -0.2) is 0 Å². The second-order valence-electron chi connectivity index (χ2n) is 4.12. The number of hydrogen-bond donors (Lipinski definition) is 0. The lowest BCUT2D eigenvalue weighted by Gasteiger charge is -2.15. The molecule has 19 heavy (non-hydrogen) atoms. The molecule has 0 saturated heterocycles. The Morgan fingerprint density at radius 1 is 1.00 bits per heavy atom. The fourth-order valence-corrected chi connectivity index (χ4v) is 2.91. The summed E-state index contributed by atoms with van der Waals surface area (Å²) >= 11 is 18.3. The molecule has 0 aromatic heterocycles. The summed E-state index contributed by atoms with van der Waals surface area (Å²) in [6.45, 7) is 1.54. The van der Waals surface area contributed by atoms with Gasteiger partial charge < -0.3 is 0 Å². The van der Waals surface area contributed by atoms with Crippen molar-refractivity contribution in [1.29, 1.82) is 0 Å². The SMILES string of the molecule is Cc1cc(C(Cl)c2c(Cl)cccc2Cl)c(F)cc1F. The Labute approximate surface area is 124 Å². The zero-order valence-electron chi connectivity index (χ0n) is 9.85. The van der Waals surface area contributed by atoms with Gasteiger partial charge in [-0.1, -0.05) is 29.3 Å². The maximum atomic E-state index is 13.8. The minimum Gasteiger partial charge on any atom is -0.207 e. The van der Waals surface area contributed by atoms with Crippen LogP contribution < -0.4 is 0 Å². The lowest BCUT2D eigenvalue weighted by molar-refractivity contribution is 0.568. The van der Waals surface area contributed by atoms with Crippen molar-refractivity contribution in [2.75, 3.05) is 0 Å². The summed E-state index contributed by atoms with van der Waals surface area (Å²) in [6, 6.07) is 7.08. The van der Waals surface area contributed by atoms with E-state index in [-0.39, 0.29) is 5.56 Å². The zero-order chi connectivity index (χ0) is 14.2. The van der Waals surface area contributed by atoms with Gasteiger partial charge in [0, 0.05) is 27.2 Å². The number of halogens is 5. The summed E-state index contributed by atoms with van der Waals surface area (Å²) < 4.78 is 27.1. The summed E-state index contributed by atoms with van der Waals surface area (Å²) in [4.78, 5) is 0. The van der Waals surface area contributed by atoms with E-state index in [0.717, 1.165) is 6.07 Å². The Morgan fingerprint density at radius 2 is 1.58 bits per heavy atom. The van der Waals surface area contributed by atoms with Crippen molar-refractivity contribution in [2.24, 2.45) is 0 Å². The summed E-state index contributed by atoms with van der Waals surface area (Å²) in [5, 5.41) is -0.191. The van der Waals surface area contributed by atoms with Gasteiger partial charge in [-0.3, -0.25) is 0 Å². The van der Waals surface area contributed by atoms with E-state index in [1.54, 1.807) is 18.2 Å². The molecule has 0 fully saturated rings. The maximum absolute atomic E-state index is 13.8. The van der Waals surface area contributed by atoms with Crippen LogP contribution in [0.3, 0.4) is 0 Å². The quantitative estimate of drug-likeness (QED) is 0.603. The molecule has 0 radical (unpaired) electrons. The van der Waals surface area contributed by atoms with Crippen LogP contribution in [0.4, 0.5) is 8.78 Å². The molecule has 0 amide bonds. The van der Waals surface area contributed by atoms with E-state index < -0.39 is 17.0 Å². The molecule has 1 unspecified atom stereocenters. The van der Waals surface area contributed by atoms with Crippen LogP contribution in [0.25, 0.3) is 0 Å². The second kappa shape index (κ2) is 5.66. The smallest absolute Gasteiger partial charge is 0.131 e. The lowest BCUT2D eigenvalue weighted by atomic mass is 10.0. The van der Waals surface area contributed by atoms with Crippen molar-refractivity contribution in [2.45, 2.75) is 12.3 Å². The Kier molecular flexibility index (Phi) is 4.34. The molecule has 2 aromatic carbocycles. The van der Waals surface area contributed by atoms with Gasteiger partial charge in [-0.25, -0.2) is 8.78 Å². The Balaban J connectivity index is 2.56. The molecule has 2 aromatic rings. The molecule has 2 rings (SSSR count). The molecule has 5 heteroatoms. The highest BCUT2D eigenvalue weighted by molar-refractivity contribution is 6.38. The highest BCUT2D eigenvalue weighted by atomic mass is 35.5. The van der Waals surface area contributed by atoms with Crippen LogP contribution in [0.5, 0.6) is 0 Å². The summed E-state index contributed by atoms with van der Waals surface area (Å²) in [6.07, 6.45) is 0. The van der Waals surface area contributed by atoms with Crippen molar-refractivity contribution in [3.05, 3.63) is 68.7 Å². The Hall–Kier alpha value is -0.830. The van der Waals surface area contributed by atoms with Gasteiger partial charge in [-0.15, -0.1) is 11.6 Å². The molecule has 0 bridgehead atoms. The molecule has 100 valence electrons. The molecule has 0 aliphatic rings. The maximum Gasteiger partial charge on any atom is 0.131 e. The molecule has 0 spiro atoms. The topological polar surface area (TPSA) is 0 Å². The van der Waals surface area contributed by atoms with Gasteiger partial charge in [0.05, 0.1) is 5.38 Å². The van der Waals surface area contributed by atoms with Crippen molar-refractivity contribution in [3.8, 4) is 0 Å². The first-order chi connectivity index (χ1) is 8.91. The van der Waals surface area contributed by atoms with E-state index in [0.29, 0.717) is 21.2 Å². The molecule has 0 N–H and O–H groups in total. The number of aryl methyl sites for hydroxylation is 1. The second-order valence-corrected chi connectivity index (χ2v) is 5.37. The summed E-state index contributed by atoms with van der Waals surface area (Å²) in [5.41, 5.74) is 0.873. The number of rotatable bonds is 2. The number of alkyl halides is 1. The van der Waals surface area contributed by atoms with E-state index in [2.05, 4.69) is 0 Å². The standard InChI is InChI=1S/C14H9Cl3F2/c1-7-5-8(12(19)6-11(7)18)14(17)13-9(15)3-2-4-10(13)16/h2-6,14H,1H3. The molecule has 0 nitrogen and oxygen atoms in total. The van der Waals surface area contributed by atoms with Crippen LogP contribution in [0.2, 0.25) is 10.0 Å². The lowest BCUT2D eigenvalue weighted by Crippen LogP contribution is -2.01. The zero-order valence-corrected chi connectivity index (χ0v) is 12.1. The van der Waals surface area contributed by atoms with Crippen LogP contribution in [-0.2, 0) is 0 Å². The fraction of sp³-hybridized carbons (Fsp3) is 0.143. The van der Waals surface area contributed by atoms with Crippen LogP contribution in [0, 0.1) is 18.6 Å². The van der Waals surface area contributed by atoms with E-state index in [1.165, 1.54) is 13.0 Å².